The van der Waals surface area contributed by atoms with E-state index in [2.05, 4.69) is 20.9 Å². The van der Waals surface area contributed by atoms with E-state index < -0.39 is 28.9 Å². The summed E-state index contributed by atoms with van der Waals surface area (Å²) >= 11 is 8.72. The molecule has 50 heavy (non-hydrogen) atoms. The van der Waals surface area contributed by atoms with Crippen molar-refractivity contribution in [1.82, 2.24) is 10.3 Å². The zero-order valence-corrected chi connectivity index (χ0v) is 28.9. The minimum atomic E-state index is -0.707. The molecule has 0 saturated heterocycles. The third-order valence-corrected chi connectivity index (χ3v) is 9.34. The van der Waals surface area contributed by atoms with Crippen molar-refractivity contribution in [1.29, 1.82) is 0 Å². The summed E-state index contributed by atoms with van der Waals surface area (Å²) in [4.78, 5) is 56.9. The number of thiazole rings is 1. The summed E-state index contributed by atoms with van der Waals surface area (Å²) < 4.78 is 19.6. The van der Waals surface area contributed by atoms with Gasteiger partial charge in [-0.3, -0.25) is 19.2 Å². The summed E-state index contributed by atoms with van der Waals surface area (Å²) in [5.41, 5.74) is 1.66. The van der Waals surface area contributed by atoms with Crippen LogP contribution in [0.1, 0.15) is 39.4 Å². The predicted molar refractivity (Wildman–Crippen MR) is 194 cm³/mol. The Labute approximate surface area is 300 Å². The SMILES string of the molecule is CCOC(=O)Cc1csc(NC(=O)C(Sc2ccc(NC(=O)/C(=C/c3c(F)cccc3Cl)NC(=O)c3ccccc3)cc2)c2ccccc2)n1. The molecule has 1 heterocycles. The van der Waals surface area contributed by atoms with E-state index in [4.69, 9.17) is 16.3 Å². The monoisotopic (exact) mass is 728 g/mol. The molecule has 9 nitrogen and oxygen atoms in total. The molecule has 0 fully saturated rings. The Bertz CT molecular complexity index is 1990. The molecule has 1 aromatic heterocycles. The Morgan fingerprint density at radius 2 is 1.62 bits per heavy atom. The summed E-state index contributed by atoms with van der Waals surface area (Å²) in [5.74, 6) is -2.65. The number of aromatic nitrogens is 1. The molecule has 13 heteroatoms. The molecule has 5 rings (SSSR count). The predicted octanol–water partition coefficient (Wildman–Crippen LogP) is 7.92. The molecule has 0 aliphatic rings. The van der Waals surface area contributed by atoms with Crippen molar-refractivity contribution in [3.63, 3.8) is 0 Å². The topological polar surface area (TPSA) is 126 Å². The van der Waals surface area contributed by atoms with E-state index in [0.717, 1.165) is 10.5 Å². The number of nitrogens with one attached hydrogen (secondary N) is 3. The summed E-state index contributed by atoms with van der Waals surface area (Å²) in [6.45, 7) is 2.00. The molecule has 0 aliphatic carbocycles. The molecule has 1 atom stereocenters. The molecular formula is C37H30ClFN4O5S2. The van der Waals surface area contributed by atoms with Crippen molar-refractivity contribution in [2.24, 2.45) is 0 Å². The number of anilines is 2. The second kappa shape index (κ2) is 17.4. The van der Waals surface area contributed by atoms with Crippen LogP contribution in [0.25, 0.3) is 6.08 Å². The maximum atomic E-state index is 14.7. The zero-order chi connectivity index (χ0) is 35.5. The standard InChI is InChI=1S/C37H30ClFN4O5S2/c1-2-48-32(44)20-26-22-49-37(41-26)43-36(47)33(23-10-5-3-6-11-23)50-27-18-16-25(17-19-27)40-35(46)31(21-28-29(38)14-9-15-30(28)39)42-34(45)24-12-7-4-8-13-24/h3-19,21-22,33H,2,20H2,1H3,(H,40,46)(H,42,45)(H,41,43,47)/b31-21-. The van der Waals surface area contributed by atoms with E-state index in [1.165, 1.54) is 47.4 Å². The number of nitrogens with zero attached hydrogens (tertiary/aromatic N) is 1. The van der Waals surface area contributed by atoms with Gasteiger partial charge in [-0.25, -0.2) is 9.37 Å². The quantitative estimate of drug-likeness (QED) is 0.0639. The van der Waals surface area contributed by atoms with Gasteiger partial charge >= 0.3 is 5.97 Å². The smallest absolute Gasteiger partial charge is 0.311 e. The van der Waals surface area contributed by atoms with Gasteiger partial charge in [0.25, 0.3) is 11.8 Å². The first-order chi connectivity index (χ1) is 24.2. The van der Waals surface area contributed by atoms with Crippen LogP contribution in [0.5, 0.6) is 0 Å². The highest BCUT2D eigenvalue weighted by Crippen LogP contribution is 2.37. The van der Waals surface area contributed by atoms with Gasteiger partial charge in [0.05, 0.1) is 23.7 Å². The van der Waals surface area contributed by atoms with E-state index in [0.29, 0.717) is 22.1 Å². The number of carbonyl (C=O) groups is 4. The maximum absolute atomic E-state index is 14.7. The van der Waals surface area contributed by atoms with Crippen LogP contribution in [-0.2, 0) is 25.5 Å². The van der Waals surface area contributed by atoms with Crippen LogP contribution >= 0.6 is 34.7 Å². The molecule has 254 valence electrons. The number of benzene rings is 4. The summed E-state index contributed by atoms with van der Waals surface area (Å²) in [6.07, 6.45) is 1.19. The number of thioether (sulfide) groups is 1. The maximum Gasteiger partial charge on any atom is 0.311 e. The van der Waals surface area contributed by atoms with Crippen molar-refractivity contribution in [3.05, 3.63) is 147 Å². The number of carbonyl (C=O) groups excluding carboxylic acids is 4. The molecule has 0 spiro atoms. The summed E-state index contributed by atoms with van der Waals surface area (Å²) in [6, 6.07) is 28.4. The van der Waals surface area contributed by atoms with Crippen molar-refractivity contribution >= 4 is 75.3 Å². The third kappa shape index (κ3) is 9.88. The fourth-order valence-electron chi connectivity index (χ4n) is 4.56. The summed E-state index contributed by atoms with van der Waals surface area (Å²) in [7, 11) is 0. The number of amides is 3. The van der Waals surface area contributed by atoms with E-state index in [9.17, 15) is 23.6 Å². The molecule has 0 radical (unpaired) electrons. The van der Waals surface area contributed by atoms with Crippen molar-refractivity contribution in [3.8, 4) is 0 Å². The van der Waals surface area contributed by atoms with Crippen LogP contribution in [0.3, 0.4) is 0 Å². The van der Waals surface area contributed by atoms with Gasteiger partial charge < -0.3 is 20.7 Å². The molecule has 0 saturated carbocycles. The molecule has 3 amide bonds. The Hall–Kier alpha value is -5.30. The lowest BCUT2D eigenvalue weighted by atomic mass is 10.1. The molecule has 1 unspecified atom stereocenters. The van der Waals surface area contributed by atoms with Crippen LogP contribution in [0.2, 0.25) is 5.02 Å². The van der Waals surface area contributed by atoms with Gasteiger partial charge in [0.1, 0.15) is 16.8 Å². The van der Waals surface area contributed by atoms with Gasteiger partial charge in [0, 0.05) is 27.1 Å². The number of ether oxygens (including phenoxy) is 1. The first kappa shape index (κ1) is 36.0. The second-order valence-electron chi connectivity index (χ2n) is 10.5. The number of hydrogen-bond acceptors (Lipinski definition) is 8. The van der Waals surface area contributed by atoms with Gasteiger partial charge in [-0.15, -0.1) is 23.1 Å². The highest BCUT2D eigenvalue weighted by molar-refractivity contribution is 8.00. The molecular weight excluding hydrogens is 699 g/mol. The zero-order valence-electron chi connectivity index (χ0n) is 26.5. The van der Waals surface area contributed by atoms with E-state index >= 15 is 0 Å². The number of hydrogen-bond donors (Lipinski definition) is 3. The Kier molecular flexibility index (Phi) is 12.5. The molecule has 4 aromatic carbocycles. The van der Waals surface area contributed by atoms with Crippen molar-refractivity contribution in [2.45, 2.75) is 23.5 Å². The van der Waals surface area contributed by atoms with Gasteiger partial charge in [0.2, 0.25) is 5.91 Å². The lowest BCUT2D eigenvalue weighted by molar-refractivity contribution is -0.142. The minimum Gasteiger partial charge on any atom is -0.466 e. The Morgan fingerprint density at radius 1 is 0.920 bits per heavy atom. The van der Waals surface area contributed by atoms with Crippen molar-refractivity contribution in [2.75, 3.05) is 17.2 Å². The van der Waals surface area contributed by atoms with E-state index in [1.54, 1.807) is 66.9 Å². The average Bonchev–Trinajstić information content (AvgIpc) is 3.55. The van der Waals surface area contributed by atoms with Crippen LogP contribution in [-0.4, -0.2) is 35.3 Å². The fourth-order valence-corrected chi connectivity index (χ4v) is 6.52. The van der Waals surface area contributed by atoms with Crippen LogP contribution < -0.4 is 16.0 Å². The minimum absolute atomic E-state index is 0.00747. The third-order valence-electron chi connectivity index (χ3n) is 6.94. The lowest BCUT2D eigenvalue weighted by Crippen LogP contribution is -2.30. The Balaban J connectivity index is 1.31. The van der Waals surface area contributed by atoms with Crippen LogP contribution in [0.15, 0.2) is 119 Å². The molecule has 0 aliphatic heterocycles. The van der Waals surface area contributed by atoms with E-state index in [-0.39, 0.29) is 35.2 Å². The van der Waals surface area contributed by atoms with Crippen LogP contribution in [0, 0.1) is 5.82 Å². The highest BCUT2D eigenvalue weighted by atomic mass is 35.5. The number of esters is 1. The molecule has 3 N–H and O–H groups in total. The summed E-state index contributed by atoms with van der Waals surface area (Å²) in [5, 5.41) is 9.61. The molecule has 0 bridgehead atoms. The number of halogens is 2. The van der Waals surface area contributed by atoms with E-state index in [1.807, 2.05) is 30.3 Å². The van der Waals surface area contributed by atoms with Gasteiger partial charge in [-0.2, -0.15) is 0 Å². The van der Waals surface area contributed by atoms with Crippen LogP contribution in [0.4, 0.5) is 15.2 Å². The number of rotatable bonds is 13. The van der Waals surface area contributed by atoms with Gasteiger partial charge in [0.15, 0.2) is 5.13 Å². The Morgan fingerprint density at radius 3 is 2.30 bits per heavy atom. The first-order valence-corrected chi connectivity index (χ1v) is 17.4. The highest BCUT2D eigenvalue weighted by Gasteiger charge is 2.24. The normalized spacial score (nSPS) is 11.7. The van der Waals surface area contributed by atoms with Crippen molar-refractivity contribution < 1.29 is 28.3 Å². The first-order valence-electron chi connectivity index (χ1n) is 15.3. The second-order valence-corrected chi connectivity index (χ2v) is 13.0. The molecule has 5 aromatic rings. The fraction of sp³-hybridized carbons (Fsp3) is 0.108. The lowest BCUT2D eigenvalue weighted by Gasteiger charge is -2.17. The average molecular weight is 729 g/mol. The largest absolute Gasteiger partial charge is 0.466 e. The van der Waals surface area contributed by atoms with Gasteiger partial charge in [-0.1, -0.05) is 66.2 Å². The van der Waals surface area contributed by atoms with Gasteiger partial charge in [-0.05, 0) is 67.1 Å².